The summed E-state index contributed by atoms with van der Waals surface area (Å²) in [4.78, 5) is 9.22. The fraction of sp³-hybridized carbons (Fsp3) is 0.857. The van der Waals surface area contributed by atoms with Gasteiger partial charge in [0.25, 0.3) is 10.1 Å². The first-order valence-electron chi connectivity index (χ1n) is 4.00. The molecule has 0 aromatic rings. The minimum Gasteiger partial charge on any atom is -0.370 e. The average molecular weight is 211 g/mol. The maximum atomic E-state index is 10.1. The molecule has 0 aromatic heterocycles. The Kier molecular flexibility index (Phi) is 9.16. The number of rotatable bonds is 4. The topological polar surface area (TPSA) is 97.5 Å². The van der Waals surface area contributed by atoms with Crippen molar-refractivity contribution in [3.05, 3.63) is 0 Å². The van der Waals surface area contributed by atoms with Gasteiger partial charge in [-0.15, -0.1) is 0 Å². The van der Waals surface area contributed by atoms with Crippen molar-refractivity contribution in [3.8, 4) is 0 Å². The molecule has 0 saturated heterocycles. The quantitative estimate of drug-likeness (QED) is 0.524. The number of amides is 1. The highest BCUT2D eigenvalue weighted by Gasteiger charge is 2.01. The summed E-state index contributed by atoms with van der Waals surface area (Å²) in [5, 5.41) is 0. The minimum atomic E-state index is -3.70. The molecule has 0 saturated carbocycles. The van der Waals surface area contributed by atoms with Crippen LogP contribution in [0.5, 0.6) is 0 Å². The fourth-order valence-corrected chi connectivity index (χ4v) is 1.10. The fourth-order valence-electron chi connectivity index (χ4n) is 0.534. The lowest BCUT2D eigenvalue weighted by atomic mass is 10.3. The Morgan fingerprint density at radius 3 is 2.00 bits per heavy atom. The number of unbranched alkanes of at least 4 members (excludes halogenated alkanes) is 2. The molecule has 0 fully saturated rings. The molecule has 3 N–H and O–H groups in total. The molecule has 0 heterocycles. The van der Waals surface area contributed by atoms with E-state index in [0.29, 0.717) is 6.42 Å². The molecular formula is C7H17NO4S. The van der Waals surface area contributed by atoms with Gasteiger partial charge in [-0.3, -0.25) is 9.35 Å². The first kappa shape index (κ1) is 14.9. The predicted octanol–water partition coefficient (Wildman–Crippen LogP) is 0.556. The SMILES string of the molecule is CC(N)=O.CCCCCS(=O)(=O)O. The van der Waals surface area contributed by atoms with Gasteiger partial charge in [0.1, 0.15) is 0 Å². The van der Waals surface area contributed by atoms with Crippen LogP contribution < -0.4 is 5.73 Å². The molecule has 80 valence electrons. The second-order valence-electron chi connectivity index (χ2n) is 2.60. The van der Waals surface area contributed by atoms with Crippen molar-refractivity contribution in [2.75, 3.05) is 5.75 Å². The zero-order valence-corrected chi connectivity index (χ0v) is 8.80. The van der Waals surface area contributed by atoms with Crippen LogP contribution >= 0.6 is 0 Å². The summed E-state index contributed by atoms with van der Waals surface area (Å²) < 4.78 is 28.3. The summed E-state index contributed by atoms with van der Waals surface area (Å²) in [6.07, 6.45) is 2.39. The van der Waals surface area contributed by atoms with E-state index in [2.05, 4.69) is 5.73 Å². The molecule has 0 radical (unpaired) electrons. The molecule has 0 aliphatic carbocycles. The Hall–Kier alpha value is -0.620. The van der Waals surface area contributed by atoms with Crippen LogP contribution in [0.4, 0.5) is 0 Å². The Balaban J connectivity index is 0. The normalized spacial score (nSPS) is 10.1. The number of carbonyl (C=O) groups is 1. The molecule has 13 heavy (non-hydrogen) atoms. The Morgan fingerprint density at radius 1 is 1.38 bits per heavy atom. The van der Waals surface area contributed by atoms with Gasteiger partial charge in [0.15, 0.2) is 0 Å². The largest absolute Gasteiger partial charge is 0.370 e. The average Bonchev–Trinajstić information content (AvgIpc) is 1.83. The molecule has 0 spiro atoms. The highest BCUT2D eigenvalue weighted by atomic mass is 32.2. The summed E-state index contributed by atoms with van der Waals surface area (Å²) in [6, 6.07) is 0. The van der Waals surface area contributed by atoms with Crippen LogP contribution in [-0.2, 0) is 14.9 Å². The van der Waals surface area contributed by atoms with E-state index in [1.54, 1.807) is 0 Å². The number of hydrogen-bond acceptors (Lipinski definition) is 3. The van der Waals surface area contributed by atoms with Gasteiger partial charge in [-0.25, -0.2) is 0 Å². The molecule has 0 atom stereocenters. The number of carbonyl (C=O) groups excluding carboxylic acids is 1. The minimum absolute atomic E-state index is 0.0964. The van der Waals surface area contributed by atoms with Crippen LogP contribution in [0.1, 0.15) is 33.1 Å². The molecule has 1 amide bonds. The standard InChI is InChI=1S/C5H12O3S.C2H5NO/c1-2-3-4-5-9(6,7)8;1-2(3)4/h2-5H2,1H3,(H,6,7,8);1H3,(H2,3,4). The van der Waals surface area contributed by atoms with Crippen molar-refractivity contribution in [3.63, 3.8) is 0 Å². The lowest BCUT2D eigenvalue weighted by Gasteiger charge is -1.92. The van der Waals surface area contributed by atoms with Crippen LogP contribution in [0.15, 0.2) is 0 Å². The number of hydrogen-bond donors (Lipinski definition) is 2. The van der Waals surface area contributed by atoms with E-state index in [9.17, 15) is 13.2 Å². The highest BCUT2D eigenvalue weighted by Crippen LogP contribution is 1.96. The van der Waals surface area contributed by atoms with Gasteiger partial charge in [-0.2, -0.15) is 8.42 Å². The molecule has 0 rings (SSSR count). The van der Waals surface area contributed by atoms with E-state index >= 15 is 0 Å². The van der Waals surface area contributed by atoms with Crippen molar-refractivity contribution in [1.29, 1.82) is 0 Å². The monoisotopic (exact) mass is 211 g/mol. The van der Waals surface area contributed by atoms with Gasteiger partial charge in [0, 0.05) is 6.92 Å². The van der Waals surface area contributed by atoms with Crippen molar-refractivity contribution in [2.24, 2.45) is 5.73 Å². The molecular weight excluding hydrogens is 194 g/mol. The van der Waals surface area contributed by atoms with Gasteiger partial charge >= 0.3 is 0 Å². The Bertz CT molecular complexity index is 219. The lowest BCUT2D eigenvalue weighted by molar-refractivity contribution is -0.115. The van der Waals surface area contributed by atoms with Crippen LogP contribution in [0, 0.1) is 0 Å². The van der Waals surface area contributed by atoms with Gasteiger partial charge in [-0.1, -0.05) is 19.8 Å². The highest BCUT2D eigenvalue weighted by molar-refractivity contribution is 7.85. The number of primary amides is 1. The Morgan fingerprint density at radius 2 is 1.77 bits per heavy atom. The van der Waals surface area contributed by atoms with Crippen LogP contribution in [0.2, 0.25) is 0 Å². The van der Waals surface area contributed by atoms with E-state index in [0.717, 1.165) is 12.8 Å². The molecule has 0 aliphatic rings. The summed E-state index contributed by atoms with van der Waals surface area (Å²) >= 11 is 0. The van der Waals surface area contributed by atoms with E-state index in [-0.39, 0.29) is 11.7 Å². The Labute approximate surface area is 79.1 Å². The van der Waals surface area contributed by atoms with E-state index in [1.807, 2.05) is 6.92 Å². The molecule has 0 aromatic carbocycles. The second-order valence-corrected chi connectivity index (χ2v) is 4.18. The predicted molar refractivity (Wildman–Crippen MR) is 50.8 cm³/mol. The molecule has 6 heteroatoms. The number of nitrogens with two attached hydrogens (primary N) is 1. The van der Waals surface area contributed by atoms with Crippen molar-refractivity contribution >= 4 is 16.0 Å². The van der Waals surface area contributed by atoms with Crippen molar-refractivity contribution in [1.82, 2.24) is 0 Å². The van der Waals surface area contributed by atoms with E-state index < -0.39 is 10.1 Å². The second kappa shape index (κ2) is 8.00. The van der Waals surface area contributed by atoms with Gasteiger partial charge in [-0.05, 0) is 6.42 Å². The summed E-state index contributed by atoms with van der Waals surface area (Å²) in [6.45, 7) is 3.28. The first-order chi connectivity index (χ1) is 5.79. The zero-order chi connectivity index (χ0) is 10.9. The first-order valence-corrected chi connectivity index (χ1v) is 5.61. The maximum Gasteiger partial charge on any atom is 0.264 e. The van der Waals surface area contributed by atoms with Gasteiger partial charge in [0.05, 0.1) is 5.75 Å². The molecule has 5 nitrogen and oxygen atoms in total. The zero-order valence-electron chi connectivity index (χ0n) is 7.99. The van der Waals surface area contributed by atoms with E-state index in [1.165, 1.54) is 6.92 Å². The van der Waals surface area contributed by atoms with E-state index in [4.69, 9.17) is 4.55 Å². The molecule has 0 aliphatic heterocycles. The third-order valence-corrected chi connectivity index (χ3v) is 1.81. The smallest absolute Gasteiger partial charge is 0.264 e. The summed E-state index contributed by atoms with van der Waals surface area (Å²) in [5.41, 5.74) is 4.47. The third-order valence-electron chi connectivity index (χ3n) is 1.01. The van der Waals surface area contributed by atoms with Gasteiger partial charge < -0.3 is 5.73 Å². The van der Waals surface area contributed by atoms with Gasteiger partial charge in [0.2, 0.25) is 5.91 Å². The van der Waals surface area contributed by atoms with Crippen molar-refractivity contribution in [2.45, 2.75) is 33.1 Å². The maximum absolute atomic E-state index is 10.1. The third kappa shape index (κ3) is 34.6. The van der Waals surface area contributed by atoms with Crippen molar-refractivity contribution < 1.29 is 17.8 Å². The van der Waals surface area contributed by atoms with Crippen LogP contribution in [0.25, 0.3) is 0 Å². The van der Waals surface area contributed by atoms with Crippen LogP contribution in [0.3, 0.4) is 0 Å². The van der Waals surface area contributed by atoms with Crippen LogP contribution in [-0.4, -0.2) is 24.6 Å². The lowest BCUT2D eigenvalue weighted by Crippen LogP contribution is -2.02. The molecule has 0 unspecified atom stereocenters. The summed E-state index contributed by atoms with van der Waals surface area (Å²) in [7, 11) is -3.70. The summed E-state index contributed by atoms with van der Waals surface area (Å²) in [5.74, 6) is -0.430. The molecule has 0 bridgehead atoms.